The molecule has 0 unspecified atom stereocenters. The second kappa shape index (κ2) is 11.9. The molecule has 1 saturated carbocycles. The fourth-order valence-corrected chi connectivity index (χ4v) is 5.02. The van der Waals surface area contributed by atoms with E-state index in [1.165, 1.54) is 38.5 Å². The van der Waals surface area contributed by atoms with Gasteiger partial charge < -0.3 is 18.9 Å². The number of morpholine rings is 1. The van der Waals surface area contributed by atoms with E-state index in [4.69, 9.17) is 19.0 Å². The fraction of sp³-hybridized carbons (Fsp3) is 0.731. The molecule has 9 heteroatoms. The molecule has 192 valence electrons. The molecule has 2 fully saturated rings. The molecule has 3 heterocycles. The van der Waals surface area contributed by atoms with Gasteiger partial charge in [-0.2, -0.15) is 4.98 Å². The first-order valence-corrected chi connectivity index (χ1v) is 13.1. The molecule has 0 aromatic carbocycles. The Kier molecular flexibility index (Phi) is 8.70. The maximum Gasteiger partial charge on any atom is 0.307 e. The van der Waals surface area contributed by atoms with Crippen LogP contribution in [0.4, 0.5) is 5.82 Å². The number of esters is 1. The lowest BCUT2D eigenvalue weighted by molar-refractivity contribution is -0.155. The summed E-state index contributed by atoms with van der Waals surface area (Å²) in [4.78, 5) is 28.6. The number of carbonyl (C=O) groups excluding carboxylic acids is 1. The average molecular weight is 486 g/mol. The molecule has 1 aliphatic heterocycles. The van der Waals surface area contributed by atoms with Crippen molar-refractivity contribution in [1.29, 1.82) is 0 Å². The second-order valence-electron chi connectivity index (χ2n) is 10.7. The first-order valence-electron chi connectivity index (χ1n) is 13.1. The monoisotopic (exact) mass is 485 g/mol. The quantitative estimate of drug-likeness (QED) is 0.457. The molecule has 35 heavy (non-hydrogen) atoms. The zero-order chi connectivity index (χ0) is 24.7. The Morgan fingerprint density at radius 1 is 1.14 bits per heavy atom. The van der Waals surface area contributed by atoms with Crippen molar-refractivity contribution in [2.75, 3.05) is 31.2 Å². The largest absolute Gasteiger partial charge is 0.460 e. The third-order valence-corrected chi connectivity index (χ3v) is 6.72. The standard InChI is InChI=1S/C26H39N5O4/c1-26(2,3)34-21(32)18-20(11-7-10-19-8-5-4-6-9-19)25-29-23(30-35-25)22-24(28-13-12-27-22)31-14-16-33-17-15-31/h12-13,19-20H,4-11,14-18H2,1-3H3/t20-/m1/s1. The lowest BCUT2D eigenvalue weighted by atomic mass is 9.84. The molecular weight excluding hydrogens is 446 g/mol. The van der Waals surface area contributed by atoms with Crippen molar-refractivity contribution < 1.29 is 18.8 Å². The van der Waals surface area contributed by atoms with Gasteiger partial charge in [0.1, 0.15) is 5.60 Å². The Labute approximate surface area is 208 Å². The third kappa shape index (κ3) is 7.46. The minimum absolute atomic E-state index is 0.182. The Hall–Kier alpha value is -2.55. The van der Waals surface area contributed by atoms with Crippen LogP contribution in [-0.4, -0.2) is 58.0 Å². The molecule has 4 rings (SSSR count). The number of rotatable bonds is 9. The molecule has 9 nitrogen and oxygen atoms in total. The third-order valence-electron chi connectivity index (χ3n) is 6.72. The van der Waals surface area contributed by atoms with E-state index in [-0.39, 0.29) is 18.3 Å². The predicted octanol–water partition coefficient (Wildman–Crippen LogP) is 4.93. The molecular formula is C26H39N5O4. The van der Waals surface area contributed by atoms with Crippen molar-refractivity contribution in [3.8, 4) is 11.5 Å². The van der Waals surface area contributed by atoms with Crippen LogP contribution in [0.3, 0.4) is 0 Å². The van der Waals surface area contributed by atoms with Crippen LogP contribution in [0.5, 0.6) is 0 Å². The Morgan fingerprint density at radius 2 is 1.89 bits per heavy atom. The van der Waals surface area contributed by atoms with E-state index < -0.39 is 5.60 Å². The maximum absolute atomic E-state index is 12.7. The predicted molar refractivity (Wildman–Crippen MR) is 132 cm³/mol. The van der Waals surface area contributed by atoms with E-state index >= 15 is 0 Å². The van der Waals surface area contributed by atoms with E-state index in [9.17, 15) is 4.79 Å². The second-order valence-corrected chi connectivity index (χ2v) is 10.7. The van der Waals surface area contributed by atoms with Crippen molar-refractivity contribution in [2.24, 2.45) is 5.92 Å². The highest BCUT2D eigenvalue weighted by molar-refractivity contribution is 5.71. The highest BCUT2D eigenvalue weighted by atomic mass is 16.6. The Balaban J connectivity index is 1.49. The highest BCUT2D eigenvalue weighted by Gasteiger charge is 2.28. The summed E-state index contributed by atoms with van der Waals surface area (Å²) >= 11 is 0. The van der Waals surface area contributed by atoms with Crippen LogP contribution in [0.1, 0.15) is 90.4 Å². The van der Waals surface area contributed by atoms with E-state index in [1.54, 1.807) is 12.4 Å². The van der Waals surface area contributed by atoms with Crippen LogP contribution >= 0.6 is 0 Å². The summed E-state index contributed by atoms with van der Waals surface area (Å²) in [5.41, 5.74) is 0.0544. The van der Waals surface area contributed by atoms with Gasteiger partial charge in [-0.05, 0) is 33.1 Å². The van der Waals surface area contributed by atoms with Crippen LogP contribution in [-0.2, 0) is 14.3 Å². The lowest BCUT2D eigenvalue weighted by Gasteiger charge is -2.28. The summed E-state index contributed by atoms with van der Waals surface area (Å²) in [6, 6.07) is 0. The van der Waals surface area contributed by atoms with Gasteiger partial charge in [-0.3, -0.25) is 4.79 Å². The lowest BCUT2D eigenvalue weighted by Crippen LogP contribution is -2.37. The summed E-state index contributed by atoms with van der Waals surface area (Å²) < 4.78 is 16.8. The van der Waals surface area contributed by atoms with Crippen molar-refractivity contribution in [3.63, 3.8) is 0 Å². The van der Waals surface area contributed by atoms with Gasteiger partial charge >= 0.3 is 5.97 Å². The Bertz CT molecular complexity index is 945. The molecule has 0 amide bonds. The SMILES string of the molecule is CC(C)(C)OC(=O)C[C@@H](CCCC1CCCCC1)c1nc(-c2nccnc2N2CCOCC2)no1. The molecule has 0 spiro atoms. The fourth-order valence-electron chi connectivity index (χ4n) is 5.02. The van der Waals surface area contributed by atoms with Crippen LogP contribution in [0.15, 0.2) is 16.9 Å². The minimum atomic E-state index is -0.531. The smallest absolute Gasteiger partial charge is 0.307 e. The number of hydrogen-bond donors (Lipinski definition) is 0. The molecule has 1 aliphatic carbocycles. The van der Waals surface area contributed by atoms with Crippen LogP contribution in [0, 0.1) is 5.92 Å². The van der Waals surface area contributed by atoms with Crippen LogP contribution < -0.4 is 4.90 Å². The van der Waals surface area contributed by atoms with Crippen molar-refractivity contribution in [3.05, 3.63) is 18.3 Å². The van der Waals surface area contributed by atoms with Crippen LogP contribution in [0.2, 0.25) is 0 Å². The molecule has 0 radical (unpaired) electrons. The van der Waals surface area contributed by atoms with E-state index in [1.807, 2.05) is 20.8 Å². The van der Waals surface area contributed by atoms with Gasteiger partial charge in [-0.25, -0.2) is 9.97 Å². The normalized spacial score (nSPS) is 18.4. The van der Waals surface area contributed by atoms with Crippen LogP contribution in [0.25, 0.3) is 11.5 Å². The number of carbonyl (C=O) groups is 1. The van der Waals surface area contributed by atoms with Crippen molar-refractivity contribution in [2.45, 2.75) is 90.1 Å². The molecule has 1 atom stereocenters. The van der Waals surface area contributed by atoms with Gasteiger partial charge in [0.25, 0.3) is 0 Å². The van der Waals surface area contributed by atoms with Gasteiger partial charge in [-0.1, -0.05) is 50.1 Å². The van der Waals surface area contributed by atoms with Crippen molar-refractivity contribution >= 4 is 11.8 Å². The summed E-state index contributed by atoms with van der Waals surface area (Å²) in [5.74, 6) is 1.96. The molecule has 2 aliphatic rings. The van der Waals surface area contributed by atoms with Gasteiger partial charge in [0.05, 0.1) is 19.6 Å². The van der Waals surface area contributed by atoms with E-state index in [0.717, 1.165) is 37.7 Å². The number of aromatic nitrogens is 4. The van der Waals surface area contributed by atoms with Gasteiger partial charge in [0.2, 0.25) is 11.7 Å². The summed E-state index contributed by atoms with van der Waals surface area (Å²) in [6.07, 6.45) is 13.2. The summed E-state index contributed by atoms with van der Waals surface area (Å²) in [7, 11) is 0. The van der Waals surface area contributed by atoms with Gasteiger partial charge in [0, 0.05) is 31.4 Å². The molecule has 1 saturated heterocycles. The number of ether oxygens (including phenoxy) is 2. The zero-order valence-corrected chi connectivity index (χ0v) is 21.4. The van der Waals surface area contributed by atoms with Crippen molar-refractivity contribution in [1.82, 2.24) is 20.1 Å². The summed E-state index contributed by atoms with van der Waals surface area (Å²) in [5, 5.41) is 4.24. The van der Waals surface area contributed by atoms with E-state index in [0.29, 0.717) is 30.6 Å². The topological polar surface area (TPSA) is 103 Å². The highest BCUT2D eigenvalue weighted by Crippen LogP contribution is 2.33. The zero-order valence-electron chi connectivity index (χ0n) is 21.4. The molecule has 0 N–H and O–H groups in total. The van der Waals surface area contributed by atoms with Gasteiger partial charge in [-0.15, -0.1) is 0 Å². The Morgan fingerprint density at radius 3 is 2.63 bits per heavy atom. The van der Waals surface area contributed by atoms with E-state index in [2.05, 4.69) is 20.0 Å². The number of anilines is 1. The number of hydrogen-bond acceptors (Lipinski definition) is 9. The average Bonchev–Trinajstić information content (AvgIpc) is 3.34. The first kappa shape index (κ1) is 25.5. The maximum atomic E-state index is 12.7. The summed E-state index contributed by atoms with van der Waals surface area (Å²) in [6.45, 7) is 8.41. The molecule has 0 bridgehead atoms. The first-order chi connectivity index (χ1) is 16.9. The molecule has 2 aromatic rings. The minimum Gasteiger partial charge on any atom is -0.460 e. The van der Waals surface area contributed by atoms with Gasteiger partial charge in [0.15, 0.2) is 11.5 Å². The molecule has 2 aromatic heterocycles. The number of nitrogens with zero attached hydrogens (tertiary/aromatic N) is 5.